The molecule has 92 valence electrons. The third-order valence-electron chi connectivity index (χ3n) is 2.70. The van der Waals surface area contributed by atoms with Gasteiger partial charge in [-0.05, 0) is 18.2 Å². The van der Waals surface area contributed by atoms with E-state index in [0.717, 1.165) is 5.69 Å². The zero-order valence-corrected chi connectivity index (χ0v) is 10.1. The predicted molar refractivity (Wildman–Crippen MR) is 69.7 cm³/mol. The first-order valence-electron chi connectivity index (χ1n) is 5.62. The summed E-state index contributed by atoms with van der Waals surface area (Å²) in [7, 11) is 1.92. The molecule has 0 fully saturated rings. The molecule has 0 bridgehead atoms. The van der Waals surface area contributed by atoms with E-state index in [0.29, 0.717) is 12.1 Å². The van der Waals surface area contributed by atoms with E-state index in [2.05, 4.69) is 4.98 Å². The number of carboxylic acids is 1. The largest absolute Gasteiger partial charge is 0.477 e. The van der Waals surface area contributed by atoms with Gasteiger partial charge < -0.3 is 10.0 Å². The van der Waals surface area contributed by atoms with Crippen molar-refractivity contribution in [2.75, 3.05) is 11.9 Å². The van der Waals surface area contributed by atoms with Crippen molar-refractivity contribution < 1.29 is 9.90 Å². The molecule has 2 rings (SSSR count). The van der Waals surface area contributed by atoms with E-state index in [1.807, 2.05) is 42.3 Å². The van der Waals surface area contributed by atoms with Gasteiger partial charge in [0.1, 0.15) is 0 Å². The quantitative estimate of drug-likeness (QED) is 0.894. The van der Waals surface area contributed by atoms with Gasteiger partial charge in [-0.25, -0.2) is 9.78 Å². The molecule has 1 N–H and O–H groups in total. The molecule has 4 heteroatoms. The van der Waals surface area contributed by atoms with E-state index < -0.39 is 5.97 Å². The van der Waals surface area contributed by atoms with Crippen LogP contribution in [0.5, 0.6) is 0 Å². The third-order valence-corrected chi connectivity index (χ3v) is 2.70. The van der Waals surface area contributed by atoms with Crippen LogP contribution in [-0.2, 0) is 6.54 Å². The van der Waals surface area contributed by atoms with Gasteiger partial charge in [-0.3, -0.25) is 0 Å². The van der Waals surface area contributed by atoms with Gasteiger partial charge in [0.15, 0.2) is 5.69 Å². The Kier molecular flexibility index (Phi) is 3.57. The van der Waals surface area contributed by atoms with Gasteiger partial charge in [0, 0.05) is 31.0 Å². The zero-order valence-electron chi connectivity index (χ0n) is 10.1. The predicted octanol–water partition coefficient (Wildman–Crippen LogP) is 2.42. The lowest BCUT2D eigenvalue weighted by molar-refractivity contribution is 0.0689. The van der Waals surface area contributed by atoms with Crippen LogP contribution in [0.3, 0.4) is 0 Å². The number of pyridine rings is 1. The van der Waals surface area contributed by atoms with Crippen molar-refractivity contribution in [3.63, 3.8) is 0 Å². The van der Waals surface area contributed by atoms with Gasteiger partial charge in [-0.2, -0.15) is 0 Å². The summed E-state index contributed by atoms with van der Waals surface area (Å²) in [6.45, 7) is 0.513. The molecule has 1 heterocycles. The minimum absolute atomic E-state index is 0.111. The molecule has 0 spiro atoms. The Labute approximate surface area is 106 Å². The Balaban J connectivity index is 2.22. The van der Waals surface area contributed by atoms with Crippen LogP contribution in [0.4, 0.5) is 5.69 Å². The molecule has 0 aliphatic carbocycles. The molecule has 0 saturated heterocycles. The van der Waals surface area contributed by atoms with Crippen LogP contribution in [0, 0.1) is 0 Å². The number of rotatable bonds is 4. The summed E-state index contributed by atoms with van der Waals surface area (Å²) in [6.07, 6.45) is 1.50. The van der Waals surface area contributed by atoms with Crippen molar-refractivity contribution in [1.29, 1.82) is 0 Å². The molecule has 0 atom stereocenters. The number of benzene rings is 1. The van der Waals surface area contributed by atoms with E-state index >= 15 is 0 Å². The van der Waals surface area contributed by atoms with Crippen molar-refractivity contribution in [2.45, 2.75) is 6.54 Å². The maximum absolute atomic E-state index is 11.1. The second-order valence-electron chi connectivity index (χ2n) is 4.01. The third kappa shape index (κ3) is 2.66. The minimum Gasteiger partial charge on any atom is -0.477 e. The number of para-hydroxylation sites is 1. The Morgan fingerprint density at radius 2 is 1.94 bits per heavy atom. The highest BCUT2D eigenvalue weighted by atomic mass is 16.4. The van der Waals surface area contributed by atoms with Crippen molar-refractivity contribution in [3.8, 4) is 0 Å². The highest BCUT2D eigenvalue weighted by Crippen LogP contribution is 2.16. The summed E-state index contributed by atoms with van der Waals surface area (Å²) in [6, 6.07) is 13.4. The maximum atomic E-state index is 11.1. The van der Waals surface area contributed by atoms with Crippen LogP contribution in [0.25, 0.3) is 0 Å². The number of aromatic nitrogens is 1. The molecule has 1 aromatic carbocycles. The second kappa shape index (κ2) is 5.31. The Bertz CT molecular complexity index is 541. The molecule has 0 aliphatic heterocycles. The van der Waals surface area contributed by atoms with Crippen molar-refractivity contribution in [1.82, 2.24) is 4.98 Å². The molecule has 1 aromatic heterocycles. The average molecular weight is 242 g/mol. The topological polar surface area (TPSA) is 53.4 Å². The molecule has 0 aliphatic rings. The van der Waals surface area contributed by atoms with Crippen LogP contribution in [0.1, 0.15) is 16.1 Å². The van der Waals surface area contributed by atoms with Crippen LogP contribution < -0.4 is 4.90 Å². The molecule has 2 aromatic rings. The summed E-state index contributed by atoms with van der Waals surface area (Å²) in [5.74, 6) is -0.993. The number of hydrogen-bond donors (Lipinski definition) is 1. The highest BCUT2D eigenvalue weighted by Gasteiger charge is 2.12. The maximum Gasteiger partial charge on any atom is 0.354 e. The summed E-state index contributed by atoms with van der Waals surface area (Å²) >= 11 is 0. The molecule has 4 nitrogen and oxygen atoms in total. The number of hydrogen-bond acceptors (Lipinski definition) is 3. The molecule has 0 saturated carbocycles. The standard InChI is InChI=1S/C14H14N2O2/c1-16(12-7-3-2-4-8-12)10-11-6-5-9-15-13(11)14(17)18/h2-9H,10H2,1H3,(H,17,18). The van der Waals surface area contributed by atoms with E-state index in [-0.39, 0.29) is 5.69 Å². The van der Waals surface area contributed by atoms with E-state index in [1.165, 1.54) is 6.20 Å². The van der Waals surface area contributed by atoms with E-state index in [1.54, 1.807) is 12.1 Å². The lowest BCUT2D eigenvalue weighted by Crippen LogP contribution is -2.19. The molecule has 0 radical (unpaired) electrons. The van der Waals surface area contributed by atoms with Crippen LogP contribution in [0.2, 0.25) is 0 Å². The molecular weight excluding hydrogens is 228 g/mol. The van der Waals surface area contributed by atoms with Crippen LogP contribution in [0.15, 0.2) is 48.7 Å². The number of carbonyl (C=O) groups is 1. The lowest BCUT2D eigenvalue weighted by Gasteiger charge is -2.19. The Morgan fingerprint density at radius 3 is 2.61 bits per heavy atom. The monoisotopic (exact) mass is 242 g/mol. The van der Waals surface area contributed by atoms with Crippen LogP contribution >= 0.6 is 0 Å². The second-order valence-corrected chi connectivity index (χ2v) is 4.01. The van der Waals surface area contributed by atoms with Crippen LogP contribution in [-0.4, -0.2) is 23.1 Å². The summed E-state index contributed by atoms with van der Waals surface area (Å²) in [5, 5.41) is 9.07. The first-order chi connectivity index (χ1) is 8.68. The van der Waals surface area contributed by atoms with Gasteiger partial charge in [-0.1, -0.05) is 24.3 Å². The molecule has 18 heavy (non-hydrogen) atoms. The first kappa shape index (κ1) is 12.1. The number of aromatic carboxylic acids is 1. The smallest absolute Gasteiger partial charge is 0.354 e. The van der Waals surface area contributed by atoms with Gasteiger partial charge in [0.25, 0.3) is 0 Å². The summed E-state index contributed by atoms with van der Waals surface area (Å²) in [4.78, 5) is 16.9. The fraction of sp³-hybridized carbons (Fsp3) is 0.143. The van der Waals surface area contributed by atoms with Gasteiger partial charge in [-0.15, -0.1) is 0 Å². The van der Waals surface area contributed by atoms with E-state index in [9.17, 15) is 4.79 Å². The normalized spacial score (nSPS) is 10.1. The minimum atomic E-state index is -0.993. The summed E-state index contributed by atoms with van der Waals surface area (Å²) < 4.78 is 0. The van der Waals surface area contributed by atoms with Crippen molar-refractivity contribution in [2.24, 2.45) is 0 Å². The fourth-order valence-corrected chi connectivity index (χ4v) is 1.79. The molecule has 0 unspecified atom stereocenters. The number of carboxylic acid groups (broad SMARTS) is 1. The fourth-order valence-electron chi connectivity index (χ4n) is 1.79. The summed E-state index contributed by atoms with van der Waals surface area (Å²) in [5.41, 5.74) is 1.86. The first-order valence-corrected chi connectivity index (χ1v) is 5.62. The van der Waals surface area contributed by atoms with Gasteiger partial charge >= 0.3 is 5.97 Å². The zero-order chi connectivity index (χ0) is 13.0. The Morgan fingerprint density at radius 1 is 1.22 bits per heavy atom. The molecular formula is C14H14N2O2. The van der Waals surface area contributed by atoms with Crippen molar-refractivity contribution in [3.05, 3.63) is 59.9 Å². The average Bonchev–Trinajstić information content (AvgIpc) is 2.40. The number of nitrogens with zero attached hydrogens (tertiary/aromatic N) is 2. The molecule has 0 amide bonds. The number of anilines is 1. The van der Waals surface area contributed by atoms with E-state index in [4.69, 9.17) is 5.11 Å². The SMILES string of the molecule is CN(Cc1cccnc1C(=O)O)c1ccccc1. The van der Waals surface area contributed by atoms with Gasteiger partial charge in [0.05, 0.1) is 0 Å². The highest BCUT2D eigenvalue weighted by molar-refractivity contribution is 5.87. The Hall–Kier alpha value is -2.36. The van der Waals surface area contributed by atoms with Crippen molar-refractivity contribution >= 4 is 11.7 Å². The lowest BCUT2D eigenvalue weighted by atomic mass is 10.1. The van der Waals surface area contributed by atoms with Gasteiger partial charge in [0.2, 0.25) is 0 Å².